The summed E-state index contributed by atoms with van der Waals surface area (Å²) in [5, 5.41) is 2.61. The molecule has 2 aromatic rings. The SMILES string of the molecule is CC1(C)CN(CC(=O)Nc2ccccc2F)c2ccc(S(=O)(=O)N3CCCC3)cc21. The molecule has 1 saturated heterocycles. The second kappa shape index (κ2) is 7.67. The number of benzene rings is 2. The first-order valence-corrected chi connectivity index (χ1v) is 11.6. The quantitative estimate of drug-likeness (QED) is 0.788. The Morgan fingerprint density at radius 2 is 1.83 bits per heavy atom. The molecule has 0 spiro atoms. The summed E-state index contributed by atoms with van der Waals surface area (Å²) in [6.07, 6.45) is 1.78. The lowest BCUT2D eigenvalue weighted by atomic mass is 9.87. The molecule has 0 unspecified atom stereocenters. The molecule has 0 bridgehead atoms. The van der Waals surface area contributed by atoms with E-state index in [1.165, 1.54) is 16.4 Å². The average Bonchev–Trinajstić information content (AvgIpc) is 3.31. The number of carbonyl (C=O) groups is 1. The summed E-state index contributed by atoms with van der Waals surface area (Å²) in [6, 6.07) is 11.2. The van der Waals surface area contributed by atoms with Gasteiger partial charge in [-0.2, -0.15) is 4.31 Å². The largest absolute Gasteiger partial charge is 0.361 e. The van der Waals surface area contributed by atoms with E-state index in [0.29, 0.717) is 24.5 Å². The highest BCUT2D eigenvalue weighted by Gasteiger charge is 2.37. The van der Waals surface area contributed by atoms with E-state index in [-0.39, 0.29) is 23.6 Å². The van der Waals surface area contributed by atoms with Gasteiger partial charge in [-0.25, -0.2) is 12.8 Å². The van der Waals surface area contributed by atoms with Crippen LogP contribution in [0.25, 0.3) is 0 Å². The summed E-state index contributed by atoms with van der Waals surface area (Å²) in [6.45, 7) is 5.82. The summed E-state index contributed by atoms with van der Waals surface area (Å²) in [7, 11) is -3.50. The molecule has 0 aromatic heterocycles. The van der Waals surface area contributed by atoms with Crippen molar-refractivity contribution in [2.24, 2.45) is 0 Å². The molecular weight excluding hydrogens is 405 g/mol. The number of sulfonamides is 1. The zero-order valence-electron chi connectivity index (χ0n) is 17.2. The van der Waals surface area contributed by atoms with Gasteiger partial charge in [-0.15, -0.1) is 0 Å². The predicted molar refractivity (Wildman–Crippen MR) is 115 cm³/mol. The third-order valence-electron chi connectivity index (χ3n) is 5.81. The number of anilines is 2. The van der Waals surface area contributed by atoms with Crippen LogP contribution in [-0.4, -0.2) is 44.8 Å². The number of hydrogen-bond donors (Lipinski definition) is 1. The van der Waals surface area contributed by atoms with E-state index in [9.17, 15) is 17.6 Å². The van der Waals surface area contributed by atoms with Crippen LogP contribution in [0.1, 0.15) is 32.3 Å². The van der Waals surface area contributed by atoms with Crippen molar-refractivity contribution >= 4 is 27.3 Å². The molecule has 1 amide bonds. The normalized spacial score (nSPS) is 18.4. The zero-order chi connectivity index (χ0) is 21.5. The highest BCUT2D eigenvalue weighted by atomic mass is 32.2. The highest BCUT2D eigenvalue weighted by molar-refractivity contribution is 7.89. The molecule has 2 heterocycles. The van der Waals surface area contributed by atoms with Crippen molar-refractivity contribution in [2.75, 3.05) is 36.4 Å². The zero-order valence-corrected chi connectivity index (χ0v) is 18.0. The summed E-state index contributed by atoms with van der Waals surface area (Å²) >= 11 is 0. The van der Waals surface area contributed by atoms with Gasteiger partial charge in [-0.3, -0.25) is 4.79 Å². The summed E-state index contributed by atoms with van der Waals surface area (Å²) in [5.74, 6) is -0.803. The number of halogens is 1. The van der Waals surface area contributed by atoms with E-state index >= 15 is 0 Å². The van der Waals surface area contributed by atoms with Gasteiger partial charge in [-0.1, -0.05) is 26.0 Å². The lowest BCUT2D eigenvalue weighted by molar-refractivity contribution is -0.115. The minimum absolute atomic E-state index is 0.0585. The topological polar surface area (TPSA) is 69.7 Å². The Hall–Kier alpha value is -2.45. The Morgan fingerprint density at radius 3 is 2.53 bits per heavy atom. The van der Waals surface area contributed by atoms with Gasteiger partial charge in [0.05, 0.1) is 17.1 Å². The summed E-state index contributed by atoms with van der Waals surface area (Å²) in [5.41, 5.74) is 1.57. The number of carbonyl (C=O) groups excluding carboxylic acids is 1. The number of rotatable bonds is 5. The van der Waals surface area contributed by atoms with Crippen LogP contribution in [0.15, 0.2) is 47.4 Å². The predicted octanol–water partition coefficient (Wildman–Crippen LogP) is 3.35. The Balaban J connectivity index is 1.57. The molecule has 0 radical (unpaired) electrons. The monoisotopic (exact) mass is 431 g/mol. The fourth-order valence-corrected chi connectivity index (χ4v) is 5.83. The van der Waals surface area contributed by atoms with E-state index in [2.05, 4.69) is 5.32 Å². The second-order valence-corrected chi connectivity index (χ2v) is 10.5. The van der Waals surface area contributed by atoms with Crippen molar-refractivity contribution in [3.05, 3.63) is 53.8 Å². The highest BCUT2D eigenvalue weighted by Crippen LogP contribution is 2.41. The lowest BCUT2D eigenvalue weighted by Gasteiger charge is -2.22. The van der Waals surface area contributed by atoms with Crippen LogP contribution in [0.2, 0.25) is 0 Å². The second-order valence-electron chi connectivity index (χ2n) is 8.56. The van der Waals surface area contributed by atoms with Crippen LogP contribution >= 0.6 is 0 Å². The van der Waals surface area contributed by atoms with Crippen LogP contribution in [0.4, 0.5) is 15.8 Å². The van der Waals surface area contributed by atoms with E-state index in [0.717, 1.165) is 24.1 Å². The molecule has 8 heteroatoms. The maximum atomic E-state index is 13.8. The molecular formula is C22H26FN3O3S. The van der Waals surface area contributed by atoms with Crippen molar-refractivity contribution in [1.29, 1.82) is 0 Å². The molecule has 2 aliphatic heterocycles. The standard InChI is InChI=1S/C22H26FN3O3S/c1-22(2)15-25(14-21(27)24-19-8-4-3-7-18(19)23)20-10-9-16(13-17(20)22)30(28,29)26-11-5-6-12-26/h3-4,7-10,13H,5-6,11-12,14-15H2,1-2H3,(H,24,27). The van der Waals surface area contributed by atoms with Gasteiger partial charge >= 0.3 is 0 Å². The molecule has 6 nitrogen and oxygen atoms in total. The Labute approximate surface area is 176 Å². The van der Waals surface area contributed by atoms with Crippen molar-refractivity contribution in [2.45, 2.75) is 37.0 Å². The Bertz CT molecular complexity index is 1080. The molecule has 2 aromatic carbocycles. The van der Waals surface area contributed by atoms with Crippen LogP contribution < -0.4 is 10.2 Å². The van der Waals surface area contributed by atoms with E-state index < -0.39 is 15.8 Å². The van der Waals surface area contributed by atoms with E-state index in [1.54, 1.807) is 30.3 Å². The maximum Gasteiger partial charge on any atom is 0.243 e. The Morgan fingerprint density at radius 1 is 1.13 bits per heavy atom. The first-order valence-electron chi connectivity index (χ1n) is 10.1. The molecule has 2 aliphatic rings. The molecule has 4 rings (SSSR count). The van der Waals surface area contributed by atoms with Crippen LogP contribution in [-0.2, 0) is 20.2 Å². The smallest absolute Gasteiger partial charge is 0.243 e. The molecule has 0 aliphatic carbocycles. The number of nitrogens with one attached hydrogen (secondary N) is 1. The maximum absolute atomic E-state index is 13.8. The first-order chi connectivity index (χ1) is 14.2. The average molecular weight is 432 g/mol. The number of fused-ring (bicyclic) bond motifs is 1. The molecule has 30 heavy (non-hydrogen) atoms. The minimum atomic E-state index is -3.50. The molecule has 160 valence electrons. The van der Waals surface area contributed by atoms with Crippen molar-refractivity contribution < 1.29 is 17.6 Å². The number of hydrogen-bond acceptors (Lipinski definition) is 4. The number of para-hydroxylation sites is 1. The lowest BCUT2D eigenvalue weighted by Crippen LogP contribution is -2.35. The van der Waals surface area contributed by atoms with Crippen LogP contribution in [0.5, 0.6) is 0 Å². The number of nitrogens with zero attached hydrogens (tertiary/aromatic N) is 2. The van der Waals surface area contributed by atoms with Gasteiger partial charge in [0.1, 0.15) is 5.82 Å². The van der Waals surface area contributed by atoms with E-state index in [4.69, 9.17) is 0 Å². The van der Waals surface area contributed by atoms with Gasteiger partial charge in [0.2, 0.25) is 15.9 Å². The van der Waals surface area contributed by atoms with Gasteiger partial charge in [0, 0.05) is 30.7 Å². The van der Waals surface area contributed by atoms with Gasteiger partial charge < -0.3 is 10.2 Å². The van der Waals surface area contributed by atoms with Crippen molar-refractivity contribution in [3.8, 4) is 0 Å². The van der Waals surface area contributed by atoms with E-state index in [1.807, 2.05) is 18.7 Å². The Kier molecular flexibility index (Phi) is 5.32. The third kappa shape index (κ3) is 3.81. The fourth-order valence-electron chi connectivity index (χ4n) is 4.29. The van der Waals surface area contributed by atoms with Gasteiger partial charge in [-0.05, 0) is 48.7 Å². The number of amides is 1. The van der Waals surface area contributed by atoms with Gasteiger partial charge in [0.25, 0.3) is 0 Å². The fraction of sp³-hybridized carbons (Fsp3) is 0.409. The molecule has 0 saturated carbocycles. The van der Waals surface area contributed by atoms with Crippen molar-refractivity contribution in [1.82, 2.24) is 4.31 Å². The molecule has 0 atom stereocenters. The molecule has 1 fully saturated rings. The summed E-state index contributed by atoms with van der Waals surface area (Å²) < 4.78 is 41.3. The molecule has 1 N–H and O–H groups in total. The summed E-state index contributed by atoms with van der Waals surface area (Å²) in [4.78, 5) is 14.7. The van der Waals surface area contributed by atoms with Crippen LogP contribution in [0, 0.1) is 5.82 Å². The van der Waals surface area contributed by atoms with Gasteiger partial charge in [0.15, 0.2) is 0 Å². The van der Waals surface area contributed by atoms with Crippen LogP contribution in [0.3, 0.4) is 0 Å². The first kappa shape index (κ1) is 20.8. The minimum Gasteiger partial charge on any atom is -0.361 e. The van der Waals surface area contributed by atoms with Crippen molar-refractivity contribution in [3.63, 3.8) is 0 Å². The third-order valence-corrected chi connectivity index (χ3v) is 7.70.